The molecule has 0 radical (unpaired) electrons. The second-order valence-electron chi connectivity index (χ2n) is 12.5. The highest BCUT2D eigenvalue weighted by Crippen LogP contribution is 2.50. The van der Waals surface area contributed by atoms with Gasteiger partial charge in [0, 0.05) is 49.1 Å². The third-order valence-corrected chi connectivity index (χ3v) is 9.33. The molecule has 2 aliphatic heterocycles. The number of hydrogen-bond donors (Lipinski definition) is 0. The van der Waals surface area contributed by atoms with Crippen LogP contribution < -0.4 is 4.90 Å². The quantitative estimate of drug-likeness (QED) is 0.358. The van der Waals surface area contributed by atoms with E-state index >= 15 is 0 Å². The first-order chi connectivity index (χ1) is 20.1. The van der Waals surface area contributed by atoms with Crippen molar-refractivity contribution in [2.45, 2.75) is 70.1 Å². The van der Waals surface area contributed by atoms with Gasteiger partial charge in [-0.05, 0) is 79.1 Å². The molecule has 1 amide bonds. The van der Waals surface area contributed by atoms with Gasteiger partial charge in [0.05, 0.1) is 18.2 Å². The van der Waals surface area contributed by atoms with Gasteiger partial charge in [-0.3, -0.25) is 9.69 Å². The van der Waals surface area contributed by atoms with Gasteiger partial charge >= 0.3 is 6.18 Å². The van der Waals surface area contributed by atoms with Crippen LogP contribution in [0.5, 0.6) is 0 Å². The van der Waals surface area contributed by atoms with Crippen molar-refractivity contribution < 1.29 is 18.0 Å². The number of nitrogens with zero attached hydrogens (tertiary/aromatic N) is 6. The zero-order chi connectivity index (χ0) is 29.6. The van der Waals surface area contributed by atoms with Gasteiger partial charge in [-0.25, -0.2) is 0 Å². The molecule has 0 spiro atoms. The van der Waals surface area contributed by atoms with Crippen molar-refractivity contribution in [3.8, 4) is 6.07 Å². The van der Waals surface area contributed by atoms with Crippen LogP contribution in [0.1, 0.15) is 77.5 Å². The Bertz CT molecular complexity index is 1530. The van der Waals surface area contributed by atoms with E-state index < -0.39 is 17.6 Å². The molecule has 220 valence electrons. The van der Waals surface area contributed by atoms with Crippen LogP contribution in [0, 0.1) is 23.2 Å². The molecule has 2 fully saturated rings. The summed E-state index contributed by atoms with van der Waals surface area (Å²) in [4.78, 5) is 17.4. The maximum Gasteiger partial charge on any atom is 0.416 e. The lowest BCUT2D eigenvalue weighted by Gasteiger charge is -2.45. The van der Waals surface area contributed by atoms with Crippen LogP contribution in [0.15, 0.2) is 42.7 Å². The fourth-order valence-corrected chi connectivity index (χ4v) is 7.10. The summed E-state index contributed by atoms with van der Waals surface area (Å²) in [6, 6.07) is 12.8. The highest BCUT2D eigenvalue weighted by atomic mass is 19.4. The molecule has 0 N–H and O–H groups in total. The van der Waals surface area contributed by atoms with Crippen molar-refractivity contribution in [3.05, 3.63) is 76.4 Å². The summed E-state index contributed by atoms with van der Waals surface area (Å²) in [5.74, 6) is 0.788. The molecule has 3 aliphatic rings. The van der Waals surface area contributed by atoms with Gasteiger partial charge in [0.15, 0.2) is 0 Å². The van der Waals surface area contributed by atoms with Gasteiger partial charge in [-0.1, -0.05) is 25.5 Å². The average Bonchev–Trinajstić information content (AvgIpc) is 3.41. The van der Waals surface area contributed by atoms with E-state index in [4.69, 9.17) is 0 Å². The molecule has 10 heteroatoms. The maximum absolute atomic E-state index is 14.4. The van der Waals surface area contributed by atoms with Gasteiger partial charge in [0.2, 0.25) is 0 Å². The lowest BCUT2D eigenvalue weighted by Crippen LogP contribution is -2.43. The molecule has 0 unspecified atom stereocenters. The number of anilines is 1. The number of carbonyl (C=O) groups excluding carboxylic acids is 1. The molecule has 1 saturated heterocycles. The Morgan fingerprint density at radius 3 is 2.69 bits per heavy atom. The van der Waals surface area contributed by atoms with Gasteiger partial charge in [-0.2, -0.15) is 18.4 Å². The summed E-state index contributed by atoms with van der Waals surface area (Å²) < 4.78 is 44.9. The molecule has 3 heterocycles. The molecule has 7 nitrogen and oxygen atoms in total. The van der Waals surface area contributed by atoms with E-state index in [-0.39, 0.29) is 29.0 Å². The fourth-order valence-electron chi connectivity index (χ4n) is 7.10. The molecule has 1 aromatic heterocycles. The maximum atomic E-state index is 14.4. The van der Waals surface area contributed by atoms with E-state index in [9.17, 15) is 23.2 Å². The predicted molar refractivity (Wildman–Crippen MR) is 151 cm³/mol. The molecule has 3 aromatic rings. The molecule has 0 bridgehead atoms. The Hall–Kier alpha value is -3.71. The van der Waals surface area contributed by atoms with E-state index in [0.717, 1.165) is 43.7 Å². The number of carbonyl (C=O) groups is 1. The largest absolute Gasteiger partial charge is 0.416 e. The number of aromatic nitrogens is 3. The minimum absolute atomic E-state index is 0.0351. The highest BCUT2D eigenvalue weighted by Gasteiger charge is 2.47. The molecule has 42 heavy (non-hydrogen) atoms. The van der Waals surface area contributed by atoms with Crippen molar-refractivity contribution in [2.24, 2.45) is 18.9 Å². The van der Waals surface area contributed by atoms with Gasteiger partial charge in [-0.15, -0.1) is 10.2 Å². The number of likely N-dealkylation sites (tertiary alicyclic amines) is 1. The van der Waals surface area contributed by atoms with Crippen LogP contribution in [0.4, 0.5) is 18.9 Å². The summed E-state index contributed by atoms with van der Waals surface area (Å²) in [6.45, 7) is 4.13. The Kier molecular flexibility index (Phi) is 7.34. The Morgan fingerprint density at radius 2 is 1.98 bits per heavy atom. The minimum atomic E-state index is -4.57. The molecular formula is C32H35F3N6O. The zero-order valence-corrected chi connectivity index (χ0v) is 24.0. The second-order valence-corrected chi connectivity index (χ2v) is 12.5. The Balaban J connectivity index is 1.31. The van der Waals surface area contributed by atoms with E-state index in [2.05, 4.69) is 28.1 Å². The molecule has 1 saturated carbocycles. The number of fused-ring (bicyclic) bond motifs is 1. The van der Waals surface area contributed by atoms with Gasteiger partial charge < -0.3 is 9.47 Å². The van der Waals surface area contributed by atoms with E-state index in [0.29, 0.717) is 43.0 Å². The number of alkyl halides is 3. The summed E-state index contributed by atoms with van der Waals surface area (Å²) in [6.07, 6.45) is 2.21. The third kappa shape index (κ3) is 5.31. The molecule has 6 rings (SSSR count). The first kappa shape index (κ1) is 28.4. The lowest BCUT2D eigenvalue weighted by molar-refractivity contribution is -0.138. The van der Waals surface area contributed by atoms with Crippen LogP contribution in [0.3, 0.4) is 0 Å². The third-order valence-electron chi connectivity index (χ3n) is 9.33. The monoisotopic (exact) mass is 576 g/mol. The number of rotatable bonds is 6. The average molecular weight is 577 g/mol. The van der Waals surface area contributed by atoms with Gasteiger partial charge in [0.25, 0.3) is 5.91 Å². The van der Waals surface area contributed by atoms with E-state index in [1.165, 1.54) is 11.0 Å². The standard InChI is InChI=1S/C32H35F3N6O/c1-21-6-3-4-9-40(17-21)18-22-10-26-27(28(11-22)32(33,34)35)19-41(30(26)42)25-8-5-7-24(12-25)31(13-23(14-31)16-36)15-29-38-37-20-39(29)2/h5,7-8,10-12,20-21,23H,3-4,6,9,13-15,17-19H2,1-2H3/t21-,23?,31?/m1/s1. The van der Waals surface area contributed by atoms with Crippen LogP contribution in [0.2, 0.25) is 0 Å². The van der Waals surface area contributed by atoms with Crippen molar-refractivity contribution >= 4 is 11.6 Å². The molecule has 2 aromatic carbocycles. The smallest absolute Gasteiger partial charge is 0.321 e. The first-order valence-corrected chi connectivity index (χ1v) is 14.7. The lowest BCUT2D eigenvalue weighted by atomic mass is 9.57. The number of halogens is 3. The summed E-state index contributed by atoms with van der Waals surface area (Å²) in [7, 11) is 1.87. The predicted octanol–water partition coefficient (Wildman–Crippen LogP) is 6.03. The van der Waals surface area contributed by atoms with Crippen molar-refractivity contribution in [1.29, 1.82) is 5.26 Å². The zero-order valence-electron chi connectivity index (χ0n) is 24.0. The minimum Gasteiger partial charge on any atom is -0.321 e. The van der Waals surface area contributed by atoms with E-state index in [1.54, 1.807) is 18.5 Å². The number of hydrogen-bond acceptors (Lipinski definition) is 5. The Labute approximate surface area is 243 Å². The van der Waals surface area contributed by atoms with Crippen molar-refractivity contribution in [2.75, 3.05) is 18.0 Å². The molecule has 1 aliphatic carbocycles. The molecule has 1 atom stereocenters. The number of aryl methyl sites for hydroxylation is 1. The second kappa shape index (κ2) is 10.8. The number of amides is 1. The SMILES string of the molecule is C[C@@H]1CCCCN(Cc2cc3c(c(C(F)(F)F)c2)CN(c2cccc(C4(Cc5nncn5C)CC(C#N)C4)c2)C3=O)C1. The highest BCUT2D eigenvalue weighted by molar-refractivity contribution is 6.10. The summed E-state index contributed by atoms with van der Waals surface area (Å²) >= 11 is 0. The van der Waals surface area contributed by atoms with Crippen molar-refractivity contribution in [3.63, 3.8) is 0 Å². The normalized spacial score (nSPS) is 24.7. The fraction of sp³-hybridized carbons (Fsp3) is 0.500. The Morgan fingerprint density at radius 1 is 1.17 bits per heavy atom. The first-order valence-electron chi connectivity index (χ1n) is 14.7. The number of benzene rings is 2. The molecular weight excluding hydrogens is 541 g/mol. The summed E-state index contributed by atoms with van der Waals surface area (Å²) in [5.41, 5.74) is 1.12. The van der Waals surface area contributed by atoms with E-state index in [1.807, 2.05) is 29.8 Å². The van der Waals surface area contributed by atoms with Crippen LogP contribution in [0.25, 0.3) is 0 Å². The van der Waals surface area contributed by atoms with Crippen LogP contribution in [-0.2, 0) is 38.1 Å². The number of nitriles is 1. The van der Waals surface area contributed by atoms with Crippen molar-refractivity contribution in [1.82, 2.24) is 19.7 Å². The van der Waals surface area contributed by atoms with Crippen LogP contribution >= 0.6 is 0 Å². The summed E-state index contributed by atoms with van der Waals surface area (Å²) in [5, 5.41) is 17.8. The topological polar surface area (TPSA) is 78.1 Å². The van der Waals surface area contributed by atoms with Crippen LogP contribution in [-0.4, -0.2) is 38.7 Å². The van der Waals surface area contributed by atoms with Gasteiger partial charge in [0.1, 0.15) is 12.2 Å².